The van der Waals surface area contributed by atoms with Crippen LogP contribution in [0.4, 0.5) is 0 Å². The second-order valence-electron chi connectivity index (χ2n) is 5.34. The second-order valence-corrected chi connectivity index (χ2v) is 7.03. The first-order valence-electron chi connectivity index (χ1n) is 6.93. The van der Waals surface area contributed by atoms with Gasteiger partial charge >= 0.3 is 0 Å². The molecule has 2 nitrogen and oxygen atoms in total. The first-order valence-corrected chi connectivity index (χ1v) is 8.13. The Morgan fingerprint density at radius 2 is 2.05 bits per heavy atom. The van der Waals surface area contributed by atoms with Gasteiger partial charge in [-0.3, -0.25) is 0 Å². The molecule has 0 unspecified atom stereocenters. The minimum absolute atomic E-state index is 0.523. The predicted molar refractivity (Wildman–Crippen MR) is 88.9 cm³/mol. The van der Waals surface area contributed by atoms with Crippen LogP contribution in [0.15, 0.2) is 18.2 Å². The van der Waals surface area contributed by atoms with Crippen molar-refractivity contribution >= 4 is 22.9 Å². The molecule has 0 atom stereocenters. The van der Waals surface area contributed by atoms with Gasteiger partial charge in [0.25, 0.3) is 0 Å². The highest BCUT2D eigenvalue weighted by Gasteiger charge is 2.10. The van der Waals surface area contributed by atoms with E-state index in [-0.39, 0.29) is 0 Å². The lowest BCUT2D eigenvalue weighted by Gasteiger charge is -2.05. The van der Waals surface area contributed by atoms with Crippen LogP contribution in [-0.2, 0) is 6.42 Å². The molecule has 108 valence electrons. The number of thiazole rings is 1. The summed E-state index contributed by atoms with van der Waals surface area (Å²) in [5.74, 6) is 0. The van der Waals surface area contributed by atoms with Gasteiger partial charge in [-0.2, -0.15) is 0 Å². The molecule has 0 spiro atoms. The molecule has 0 saturated carbocycles. The monoisotopic (exact) mass is 308 g/mol. The lowest BCUT2D eigenvalue weighted by Crippen LogP contribution is -2.24. The highest BCUT2D eigenvalue weighted by molar-refractivity contribution is 7.12. The van der Waals surface area contributed by atoms with Crippen molar-refractivity contribution in [3.8, 4) is 11.3 Å². The van der Waals surface area contributed by atoms with Gasteiger partial charge in [-0.1, -0.05) is 31.5 Å². The Hall–Kier alpha value is -0.900. The summed E-state index contributed by atoms with van der Waals surface area (Å²) >= 11 is 7.87. The molecule has 0 fully saturated rings. The lowest BCUT2D eigenvalue weighted by molar-refractivity contribution is 0.590. The van der Waals surface area contributed by atoms with Crippen molar-refractivity contribution in [2.45, 2.75) is 40.2 Å². The summed E-state index contributed by atoms with van der Waals surface area (Å²) in [6, 6.07) is 6.63. The van der Waals surface area contributed by atoms with E-state index >= 15 is 0 Å². The van der Waals surface area contributed by atoms with E-state index in [2.05, 4.69) is 32.2 Å². The molecular formula is C16H21ClN2S. The molecule has 0 aliphatic carbocycles. The van der Waals surface area contributed by atoms with Crippen molar-refractivity contribution in [1.82, 2.24) is 10.3 Å². The van der Waals surface area contributed by atoms with Crippen LogP contribution in [0.5, 0.6) is 0 Å². The van der Waals surface area contributed by atoms with Gasteiger partial charge in [0.15, 0.2) is 0 Å². The molecule has 2 rings (SSSR count). The first kappa shape index (κ1) is 15.5. The summed E-state index contributed by atoms with van der Waals surface area (Å²) in [4.78, 5) is 6.05. The number of halogens is 1. The number of aromatic nitrogens is 1. The Labute approximate surface area is 130 Å². The third kappa shape index (κ3) is 3.81. The Morgan fingerprint density at radius 3 is 2.70 bits per heavy atom. The topological polar surface area (TPSA) is 24.9 Å². The third-order valence-electron chi connectivity index (χ3n) is 3.16. The van der Waals surface area contributed by atoms with E-state index in [1.807, 2.05) is 19.1 Å². The molecule has 0 saturated heterocycles. The van der Waals surface area contributed by atoms with Gasteiger partial charge in [0.2, 0.25) is 0 Å². The van der Waals surface area contributed by atoms with E-state index in [4.69, 9.17) is 16.6 Å². The standard InChI is InChI=1S/C16H21ClN2S/c1-10(2)18-8-7-15-19-16(12(4)20-15)13-5-6-14(17)11(3)9-13/h5-6,9-10,18H,7-8H2,1-4H3. The second kappa shape index (κ2) is 6.70. The van der Waals surface area contributed by atoms with Crippen molar-refractivity contribution in [2.75, 3.05) is 6.54 Å². The van der Waals surface area contributed by atoms with E-state index in [1.165, 1.54) is 9.88 Å². The molecular weight excluding hydrogens is 288 g/mol. The number of benzene rings is 1. The molecule has 20 heavy (non-hydrogen) atoms. The summed E-state index contributed by atoms with van der Waals surface area (Å²) in [7, 11) is 0. The fourth-order valence-corrected chi connectivity index (χ4v) is 3.16. The Balaban J connectivity index is 2.16. The smallest absolute Gasteiger partial charge is 0.0948 e. The Morgan fingerprint density at radius 1 is 1.30 bits per heavy atom. The number of hydrogen-bond acceptors (Lipinski definition) is 3. The molecule has 0 radical (unpaired) electrons. The minimum atomic E-state index is 0.523. The summed E-state index contributed by atoms with van der Waals surface area (Å²) in [5, 5.41) is 5.43. The minimum Gasteiger partial charge on any atom is -0.314 e. The van der Waals surface area contributed by atoms with E-state index in [0.29, 0.717) is 6.04 Å². The highest BCUT2D eigenvalue weighted by Crippen LogP contribution is 2.30. The van der Waals surface area contributed by atoms with Crippen molar-refractivity contribution < 1.29 is 0 Å². The molecule has 1 N–H and O–H groups in total. The first-order chi connectivity index (χ1) is 9.47. The zero-order valence-corrected chi connectivity index (χ0v) is 14.0. The van der Waals surface area contributed by atoms with Crippen LogP contribution in [0.2, 0.25) is 5.02 Å². The average molecular weight is 309 g/mol. The maximum absolute atomic E-state index is 6.09. The predicted octanol–water partition coefficient (Wildman–Crippen LogP) is 4.62. The van der Waals surface area contributed by atoms with Gasteiger partial charge in [0.05, 0.1) is 10.7 Å². The van der Waals surface area contributed by atoms with Gasteiger partial charge in [-0.05, 0) is 31.5 Å². The molecule has 4 heteroatoms. The lowest BCUT2D eigenvalue weighted by atomic mass is 10.1. The maximum Gasteiger partial charge on any atom is 0.0948 e. The van der Waals surface area contributed by atoms with Crippen molar-refractivity contribution in [2.24, 2.45) is 0 Å². The number of nitrogens with zero attached hydrogens (tertiary/aromatic N) is 1. The summed E-state index contributed by atoms with van der Waals surface area (Å²) in [5.41, 5.74) is 3.35. The third-order valence-corrected chi connectivity index (χ3v) is 4.62. The fraction of sp³-hybridized carbons (Fsp3) is 0.438. The maximum atomic E-state index is 6.09. The molecule has 2 aromatic rings. The molecule has 0 aliphatic heterocycles. The van der Waals surface area contributed by atoms with Crippen LogP contribution in [0.1, 0.15) is 29.3 Å². The number of rotatable bonds is 5. The largest absolute Gasteiger partial charge is 0.314 e. The summed E-state index contributed by atoms with van der Waals surface area (Å²) < 4.78 is 0. The van der Waals surface area contributed by atoms with Crippen LogP contribution < -0.4 is 5.32 Å². The van der Waals surface area contributed by atoms with Crippen LogP contribution in [0, 0.1) is 13.8 Å². The van der Waals surface area contributed by atoms with Crippen molar-refractivity contribution in [3.05, 3.63) is 38.7 Å². The molecule has 0 amide bonds. The van der Waals surface area contributed by atoms with Gasteiger partial charge < -0.3 is 5.32 Å². The summed E-state index contributed by atoms with van der Waals surface area (Å²) in [6.45, 7) is 9.46. The van der Waals surface area contributed by atoms with Gasteiger partial charge in [0, 0.05) is 34.5 Å². The van der Waals surface area contributed by atoms with Crippen LogP contribution in [0.3, 0.4) is 0 Å². The van der Waals surface area contributed by atoms with Crippen molar-refractivity contribution in [1.29, 1.82) is 0 Å². The molecule has 1 aromatic carbocycles. The van der Waals surface area contributed by atoms with E-state index in [0.717, 1.165) is 34.8 Å². The quantitative estimate of drug-likeness (QED) is 0.871. The van der Waals surface area contributed by atoms with Gasteiger partial charge in [-0.25, -0.2) is 4.98 Å². The molecule has 0 aliphatic rings. The van der Waals surface area contributed by atoms with Crippen LogP contribution in [0.25, 0.3) is 11.3 Å². The highest BCUT2D eigenvalue weighted by atomic mass is 35.5. The van der Waals surface area contributed by atoms with Crippen LogP contribution in [-0.4, -0.2) is 17.6 Å². The number of hydrogen-bond donors (Lipinski definition) is 1. The SMILES string of the molecule is Cc1cc(-c2nc(CCNC(C)C)sc2C)ccc1Cl. The van der Waals surface area contributed by atoms with E-state index in [1.54, 1.807) is 11.3 Å². The molecule has 1 aromatic heterocycles. The van der Waals surface area contributed by atoms with Gasteiger partial charge in [0.1, 0.15) is 0 Å². The van der Waals surface area contributed by atoms with Crippen molar-refractivity contribution in [3.63, 3.8) is 0 Å². The van der Waals surface area contributed by atoms with Crippen LogP contribution >= 0.6 is 22.9 Å². The summed E-state index contributed by atoms with van der Waals surface area (Å²) in [6.07, 6.45) is 0.982. The van der Waals surface area contributed by atoms with E-state index < -0.39 is 0 Å². The normalized spacial score (nSPS) is 11.3. The number of nitrogens with one attached hydrogen (secondary N) is 1. The molecule has 0 bridgehead atoms. The zero-order chi connectivity index (χ0) is 14.7. The molecule has 1 heterocycles. The number of aryl methyl sites for hydroxylation is 2. The average Bonchev–Trinajstić information content (AvgIpc) is 2.73. The zero-order valence-electron chi connectivity index (χ0n) is 12.5. The fourth-order valence-electron chi connectivity index (χ4n) is 2.09. The van der Waals surface area contributed by atoms with Gasteiger partial charge in [-0.15, -0.1) is 11.3 Å². The Bertz CT molecular complexity index is 590. The van der Waals surface area contributed by atoms with E-state index in [9.17, 15) is 0 Å². The Kier molecular flexibility index (Phi) is 5.19.